The second kappa shape index (κ2) is 7.57. The van der Waals surface area contributed by atoms with E-state index in [1.807, 2.05) is 48.3 Å². The highest BCUT2D eigenvalue weighted by atomic mass is 32.1. The first-order valence-electron chi connectivity index (χ1n) is 9.73. The van der Waals surface area contributed by atoms with Crippen molar-refractivity contribution in [2.24, 2.45) is 5.10 Å². The summed E-state index contributed by atoms with van der Waals surface area (Å²) in [6.07, 6.45) is 9.38. The van der Waals surface area contributed by atoms with Crippen LogP contribution in [0.25, 0.3) is 16.8 Å². The van der Waals surface area contributed by atoms with Crippen LogP contribution in [-0.2, 0) is 4.74 Å². The van der Waals surface area contributed by atoms with Crippen molar-refractivity contribution >= 4 is 29.1 Å². The van der Waals surface area contributed by atoms with E-state index >= 15 is 0 Å². The molecule has 0 aromatic carbocycles. The molecule has 8 nitrogen and oxygen atoms in total. The molecular formula is C20H22N6O2S. The average molecular weight is 411 g/mol. The van der Waals surface area contributed by atoms with Crippen molar-refractivity contribution in [2.45, 2.75) is 24.8 Å². The Kier molecular flexibility index (Phi) is 4.76. The minimum Gasteiger partial charge on any atom is -0.381 e. The lowest BCUT2D eigenvalue weighted by Gasteiger charge is -2.22. The monoisotopic (exact) mass is 410 g/mol. The van der Waals surface area contributed by atoms with E-state index in [1.165, 1.54) is 11.3 Å². The molecule has 29 heavy (non-hydrogen) atoms. The maximum Gasteiger partial charge on any atom is 0.261 e. The van der Waals surface area contributed by atoms with Crippen molar-refractivity contribution in [3.05, 3.63) is 40.5 Å². The molecule has 1 fully saturated rings. The van der Waals surface area contributed by atoms with E-state index in [1.54, 1.807) is 4.52 Å². The van der Waals surface area contributed by atoms with Gasteiger partial charge in [-0.2, -0.15) is 10.2 Å². The third kappa shape index (κ3) is 3.63. The van der Waals surface area contributed by atoms with Crippen molar-refractivity contribution in [3.8, 4) is 11.1 Å². The highest BCUT2D eigenvalue weighted by Gasteiger charge is 2.21. The Morgan fingerprint density at radius 3 is 2.97 bits per heavy atom. The van der Waals surface area contributed by atoms with E-state index < -0.39 is 0 Å². The summed E-state index contributed by atoms with van der Waals surface area (Å²) in [4.78, 5) is 17.9. The van der Waals surface area contributed by atoms with Crippen LogP contribution in [-0.4, -0.2) is 64.6 Å². The smallest absolute Gasteiger partial charge is 0.261 e. The minimum atomic E-state index is -0.0236. The van der Waals surface area contributed by atoms with Crippen molar-refractivity contribution in [1.82, 2.24) is 24.9 Å². The standard InChI is InChI=1S/C20H22N6O2S/c1-25-10-15(8-22-25)14-7-21-19-17(9-23-26(19)11-14)13-6-18(29-12-13)20(27)24-16-2-4-28-5-3-16/h6-9,11-12,15-16H,2-5,10H2,1H3,(H,24,27). The van der Waals surface area contributed by atoms with E-state index in [9.17, 15) is 4.79 Å². The Balaban J connectivity index is 1.36. The average Bonchev–Trinajstić information content (AvgIpc) is 3.47. The number of likely N-dealkylation sites (N-methyl/N-ethyl adjacent to an activating group) is 1. The number of hydrogen-bond acceptors (Lipinski definition) is 7. The zero-order chi connectivity index (χ0) is 19.8. The summed E-state index contributed by atoms with van der Waals surface area (Å²) in [5, 5.41) is 15.8. The van der Waals surface area contributed by atoms with Gasteiger partial charge in [0.05, 0.1) is 11.1 Å². The molecule has 0 saturated carbocycles. The zero-order valence-corrected chi connectivity index (χ0v) is 16.9. The Bertz CT molecular complexity index is 1070. The molecule has 0 radical (unpaired) electrons. The first kappa shape index (κ1) is 18.3. The fraction of sp³-hybridized carbons (Fsp3) is 0.400. The molecule has 3 aromatic heterocycles. The molecule has 1 unspecified atom stereocenters. The number of hydrazone groups is 1. The van der Waals surface area contributed by atoms with Crippen LogP contribution in [0, 0.1) is 0 Å². The number of aromatic nitrogens is 3. The molecule has 3 aromatic rings. The van der Waals surface area contributed by atoms with E-state index in [-0.39, 0.29) is 17.9 Å². The number of rotatable bonds is 4. The largest absolute Gasteiger partial charge is 0.381 e. The number of nitrogens with zero attached hydrogens (tertiary/aromatic N) is 5. The molecular weight excluding hydrogens is 388 g/mol. The van der Waals surface area contributed by atoms with Crippen molar-refractivity contribution in [3.63, 3.8) is 0 Å². The normalized spacial score (nSPS) is 19.9. The Morgan fingerprint density at radius 2 is 2.17 bits per heavy atom. The quantitative estimate of drug-likeness (QED) is 0.714. The first-order valence-corrected chi connectivity index (χ1v) is 10.6. The molecule has 1 atom stereocenters. The molecule has 150 valence electrons. The lowest BCUT2D eigenvalue weighted by Crippen LogP contribution is -2.38. The summed E-state index contributed by atoms with van der Waals surface area (Å²) in [7, 11) is 1.96. The third-order valence-corrected chi connectivity index (χ3v) is 6.33. The minimum absolute atomic E-state index is 0.0236. The van der Waals surface area contributed by atoms with Crippen LogP contribution in [0.5, 0.6) is 0 Å². The van der Waals surface area contributed by atoms with Gasteiger partial charge in [-0.1, -0.05) is 0 Å². The molecule has 0 aliphatic carbocycles. The van der Waals surface area contributed by atoms with Crippen LogP contribution in [0.3, 0.4) is 0 Å². The van der Waals surface area contributed by atoms with E-state index in [4.69, 9.17) is 4.74 Å². The van der Waals surface area contributed by atoms with Crippen LogP contribution in [0.15, 0.2) is 35.1 Å². The molecule has 1 saturated heterocycles. The number of carbonyl (C=O) groups is 1. The second-order valence-electron chi connectivity index (χ2n) is 7.48. The SMILES string of the molecule is CN1CC(c2cnc3c(-c4csc(C(=O)NC5CCOCC5)c4)cnn3c2)C=N1. The first-order chi connectivity index (χ1) is 14.2. The summed E-state index contributed by atoms with van der Waals surface area (Å²) in [5.74, 6) is 0.204. The Hall–Kier alpha value is -2.78. The summed E-state index contributed by atoms with van der Waals surface area (Å²) in [6.45, 7) is 2.26. The number of carbonyl (C=O) groups excluding carboxylic acids is 1. The summed E-state index contributed by atoms with van der Waals surface area (Å²) >= 11 is 1.45. The molecule has 2 aliphatic heterocycles. The van der Waals surface area contributed by atoms with E-state index in [0.717, 1.165) is 41.7 Å². The van der Waals surface area contributed by atoms with Crippen LogP contribution in [0.1, 0.15) is 34.0 Å². The van der Waals surface area contributed by atoms with Gasteiger partial charge in [0.2, 0.25) is 0 Å². The van der Waals surface area contributed by atoms with Gasteiger partial charge in [-0.15, -0.1) is 11.3 Å². The Labute approximate surface area is 172 Å². The number of thiophene rings is 1. The van der Waals surface area contributed by atoms with Gasteiger partial charge in [-0.3, -0.25) is 9.80 Å². The fourth-order valence-corrected chi connectivity index (χ4v) is 4.55. The number of nitrogens with one attached hydrogen (secondary N) is 1. The predicted molar refractivity (Wildman–Crippen MR) is 111 cm³/mol. The van der Waals surface area contributed by atoms with Crippen molar-refractivity contribution in [1.29, 1.82) is 0 Å². The van der Waals surface area contributed by atoms with Gasteiger partial charge in [0.15, 0.2) is 5.65 Å². The van der Waals surface area contributed by atoms with E-state index in [2.05, 4.69) is 20.5 Å². The number of fused-ring (bicyclic) bond motifs is 1. The lowest BCUT2D eigenvalue weighted by atomic mass is 10.1. The van der Waals surface area contributed by atoms with Crippen LogP contribution in [0.4, 0.5) is 0 Å². The second-order valence-corrected chi connectivity index (χ2v) is 8.40. The molecule has 0 spiro atoms. The van der Waals surface area contributed by atoms with Crippen LogP contribution < -0.4 is 5.32 Å². The Morgan fingerprint density at radius 1 is 1.31 bits per heavy atom. The van der Waals surface area contributed by atoms with Crippen molar-refractivity contribution in [2.75, 3.05) is 26.8 Å². The van der Waals surface area contributed by atoms with Gasteiger partial charge in [0.1, 0.15) is 0 Å². The molecule has 5 rings (SSSR count). The zero-order valence-electron chi connectivity index (χ0n) is 16.1. The molecule has 0 bridgehead atoms. The number of ether oxygens (including phenoxy) is 1. The summed E-state index contributed by atoms with van der Waals surface area (Å²) in [6, 6.07) is 2.11. The maximum atomic E-state index is 12.6. The number of amides is 1. The van der Waals surface area contributed by atoms with Gasteiger partial charge < -0.3 is 10.1 Å². The summed E-state index contributed by atoms with van der Waals surface area (Å²) < 4.78 is 7.15. The third-order valence-electron chi connectivity index (χ3n) is 5.40. The van der Waals surface area contributed by atoms with E-state index in [0.29, 0.717) is 18.1 Å². The van der Waals surface area contributed by atoms with Gasteiger partial charge >= 0.3 is 0 Å². The van der Waals surface area contributed by atoms with Crippen LogP contribution >= 0.6 is 11.3 Å². The predicted octanol–water partition coefficient (Wildman–Crippen LogP) is 2.38. The van der Waals surface area contributed by atoms with Crippen molar-refractivity contribution < 1.29 is 9.53 Å². The van der Waals surface area contributed by atoms with Gasteiger partial charge in [-0.25, -0.2) is 9.50 Å². The molecule has 9 heteroatoms. The molecule has 5 heterocycles. The molecule has 1 amide bonds. The topological polar surface area (TPSA) is 84.1 Å². The fourth-order valence-electron chi connectivity index (χ4n) is 3.74. The van der Waals surface area contributed by atoms with Gasteiger partial charge in [0, 0.05) is 62.9 Å². The summed E-state index contributed by atoms with van der Waals surface area (Å²) in [5.41, 5.74) is 3.76. The van der Waals surface area contributed by atoms with Crippen LogP contribution in [0.2, 0.25) is 0 Å². The molecule has 1 N–H and O–H groups in total. The highest BCUT2D eigenvalue weighted by Crippen LogP contribution is 2.29. The molecule has 2 aliphatic rings. The number of hydrogen-bond donors (Lipinski definition) is 1. The lowest BCUT2D eigenvalue weighted by molar-refractivity contribution is 0.0698. The van der Waals surface area contributed by atoms with Gasteiger partial charge in [0.25, 0.3) is 5.91 Å². The maximum absolute atomic E-state index is 12.6. The highest BCUT2D eigenvalue weighted by molar-refractivity contribution is 7.12. The van der Waals surface area contributed by atoms with Gasteiger partial charge in [-0.05, 0) is 35.4 Å².